The van der Waals surface area contributed by atoms with E-state index < -0.39 is 0 Å². The average Bonchev–Trinajstić information content (AvgIpc) is 3.23. The predicted molar refractivity (Wildman–Crippen MR) is 105 cm³/mol. The molecule has 0 bridgehead atoms. The Labute approximate surface area is 156 Å². The van der Waals surface area contributed by atoms with Gasteiger partial charge < -0.3 is 14.3 Å². The summed E-state index contributed by atoms with van der Waals surface area (Å²) in [6.45, 7) is 5.93. The van der Waals surface area contributed by atoms with Crippen LogP contribution in [0.4, 0.5) is 5.69 Å². The maximum absolute atomic E-state index is 12.8. The van der Waals surface area contributed by atoms with Crippen molar-refractivity contribution < 1.29 is 9.21 Å². The van der Waals surface area contributed by atoms with Gasteiger partial charge in [0.25, 0.3) is 5.89 Å². The zero-order chi connectivity index (χ0) is 19.0. The van der Waals surface area contributed by atoms with Gasteiger partial charge >= 0.3 is 0 Å². The second kappa shape index (κ2) is 6.72. The van der Waals surface area contributed by atoms with E-state index >= 15 is 0 Å². The van der Waals surface area contributed by atoms with Crippen LogP contribution in [0.2, 0.25) is 0 Å². The van der Waals surface area contributed by atoms with E-state index in [2.05, 4.69) is 15.5 Å². The van der Waals surface area contributed by atoms with Gasteiger partial charge in [-0.1, -0.05) is 30.3 Å². The molecule has 2 aromatic heterocycles. The molecule has 27 heavy (non-hydrogen) atoms. The van der Waals surface area contributed by atoms with Gasteiger partial charge in [0.15, 0.2) is 0 Å². The van der Waals surface area contributed by atoms with E-state index in [-0.39, 0.29) is 12.5 Å². The van der Waals surface area contributed by atoms with E-state index in [4.69, 9.17) is 4.42 Å². The molecule has 0 fully saturated rings. The standard InChI is InChI=1S/C21H20N4O2/c1-13-7-6-9-17(14(13)2)22-20(26)12-25-18-10-5-4-8-16(18)11-19(25)21-24-23-15(3)27-21/h4-11H,12H2,1-3H3,(H,22,26). The highest BCUT2D eigenvalue weighted by Crippen LogP contribution is 2.28. The Morgan fingerprint density at radius 2 is 1.89 bits per heavy atom. The summed E-state index contributed by atoms with van der Waals surface area (Å²) in [6.07, 6.45) is 0. The maximum Gasteiger partial charge on any atom is 0.264 e. The van der Waals surface area contributed by atoms with Crippen molar-refractivity contribution in [3.63, 3.8) is 0 Å². The van der Waals surface area contributed by atoms with Gasteiger partial charge in [-0.25, -0.2) is 0 Å². The summed E-state index contributed by atoms with van der Waals surface area (Å²) in [5.41, 5.74) is 4.70. The Morgan fingerprint density at radius 3 is 2.67 bits per heavy atom. The molecule has 6 heteroatoms. The summed E-state index contributed by atoms with van der Waals surface area (Å²) in [5, 5.41) is 12.1. The van der Waals surface area contributed by atoms with E-state index in [1.165, 1.54) is 0 Å². The zero-order valence-corrected chi connectivity index (χ0v) is 15.5. The first-order chi connectivity index (χ1) is 13.0. The minimum atomic E-state index is -0.109. The number of rotatable bonds is 4. The molecule has 0 saturated carbocycles. The number of amides is 1. The number of hydrogen-bond acceptors (Lipinski definition) is 4. The normalized spacial score (nSPS) is 11.1. The Morgan fingerprint density at radius 1 is 1.07 bits per heavy atom. The van der Waals surface area contributed by atoms with Crippen LogP contribution in [0.1, 0.15) is 17.0 Å². The molecule has 2 aromatic carbocycles. The number of nitrogens with zero attached hydrogens (tertiary/aromatic N) is 3. The third-order valence-corrected chi connectivity index (χ3v) is 4.74. The highest BCUT2D eigenvalue weighted by molar-refractivity contribution is 5.94. The number of carbonyl (C=O) groups excluding carboxylic acids is 1. The third-order valence-electron chi connectivity index (χ3n) is 4.74. The van der Waals surface area contributed by atoms with Crippen LogP contribution in [0.15, 0.2) is 52.9 Å². The molecule has 6 nitrogen and oxygen atoms in total. The van der Waals surface area contributed by atoms with E-state index in [9.17, 15) is 4.79 Å². The van der Waals surface area contributed by atoms with Crippen LogP contribution < -0.4 is 5.32 Å². The van der Waals surface area contributed by atoms with Gasteiger partial charge in [-0.05, 0) is 43.2 Å². The van der Waals surface area contributed by atoms with Crippen molar-refractivity contribution in [1.82, 2.24) is 14.8 Å². The molecule has 0 aliphatic carbocycles. The fourth-order valence-corrected chi connectivity index (χ4v) is 3.18. The Hall–Kier alpha value is -3.41. The molecular weight excluding hydrogens is 340 g/mol. The summed E-state index contributed by atoms with van der Waals surface area (Å²) < 4.78 is 7.51. The number of nitrogens with one attached hydrogen (secondary N) is 1. The smallest absolute Gasteiger partial charge is 0.264 e. The number of anilines is 1. The van der Waals surface area contributed by atoms with E-state index in [1.807, 2.05) is 66.9 Å². The fourth-order valence-electron chi connectivity index (χ4n) is 3.18. The Bertz CT molecular complexity index is 1140. The molecule has 0 unspecified atom stereocenters. The van der Waals surface area contributed by atoms with Gasteiger partial charge in [0, 0.05) is 23.5 Å². The number of carbonyl (C=O) groups is 1. The molecule has 4 rings (SSSR count). The second-order valence-corrected chi connectivity index (χ2v) is 6.60. The van der Waals surface area contributed by atoms with Crippen molar-refractivity contribution in [2.24, 2.45) is 0 Å². The maximum atomic E-state index is 12.8. The molecule has 0 saturated heterocycles. The monoisotopic (exact) mass is 360 g/mol. The highest BCUT2D eigenvalue weighted by Gasteiger charge is 2.18. The molecular formula is C21H20N4O2. The molecule has 1 N–H and O–H groups in total. The molecule has 0 radical (unpaired) electrons. The molecule has 0 atom stereocenters. The first-order valence-corrected chi connectivity index (χ1v) is 8.78. The van der Waals surface area contributed by atoms with Crippen LogP contribution in [-0.4, -0.2) is 20.7 Å². The summed E-state index contributed by atoms with van der Waals surface area (Å²) in [4.78, 5) is 12.8. The summed E-state index contributed by atoms with van der Waals surface area (Å²) in [7, 11) is 0. The van der Waals surface area contributed by atoms with Crippen LogP contribution in [0, 0.1) is 20.8 Å². The summed E-state index contributed by atoms with van der Waals surface area (Å²) in [6, 6.07) is 15.7. The quantitative estimate of drug-likeness (QED) is 0.590. The van der Waals surface area contributed by atoms with Gasteiger partial charge in [0.05, 0.1) is 0 Å². The van der Waals surface area contributed by atoms with Crippen LogP contribution >= 0.6 is 0 Å². The van der Waals surface area contributed by atoms with Crippen molar-refractivity contribution in [3.8, 4) is 11.6 Å². The lowest BCUT2D eigenvalue weighted by atomic mass is 10.1. The molecule has 0 spiro atoms. The van der Waals surface area contributed by atoms with E-state index in [0.29, 0.717) is 11.8 Å². The van der Waals surface area contributed by atoms with Crippen molar-refractivity contribution in [3.05, 3.63) is 65.5 Å². The molecule has 2 heterocycles. The van der Waals surface area contributed by atoms with Crippen molar-refractivity contribution in [2.45, 2.75) is 27.3 Å². The summed E-state index contributed by atoms with van der Waals surface area (Å²) in [5.74, 6) is 0.785. The topological polar surface area (TPSA) is 73.0 Å². The predicted octanol–water partition coefficient (Wildman–Crippen LogP) is 4.26. The lowest BCUT2D eigenvalue weighted by Crippen LogP contribution is -2.20. The molecule has 1 amide bonds. The van der Waals surface area contributed by atoms with E-state index in [1.54, 1.807) is 6.92 Å². The van der Waals surface area contributed by atoms with Gasteiger partial charge in [0.1, 0.15) is 12.2 Å². The van der Waals surface area contributed by atoms with Crippen molar-refractivity contribution >= 4 is 22.5 Å². The van der Waals surface area contributed by atoms with Crippen LogP contribution in [0.25, 0.3) is 22.5 Å². The minimum absolute atomic E-state index is 0.109. The summed E-state index contributed by atoms with van der Waals surface area (Å²) >= 11 is 0. The number of aryl methyl sites for hydroxylation is 2. The Kier molecular flexibility index (Phi) is 4.24. The number of aromatic nitrogens is 3. The number of fused-ring (bicyclic) bond motifs is 1. The highest BCUT2D eigenvalue weighted by atomic mass is 16.4. The largest absolute Gasteiger partial charge is 0.420 e. The molecule has 0 aliphatic rings. The lowest BCUT2D eigenvalue weighted by Gasteiger charge is -2.12. The lowest BCUT2D eigenvalue weighted by molar-refractivity contribution is -0.116. The van der Waals surface area contributed by atoms with Crippen LogP contribution in [-0.2, 0) is 11.3 Å². The van der Waals surface area contributed by atoms with Gasteiger partial charge in [-0.3, -0.25) is 4.79 Å². The van der Waals surface area contributed by atoms with Crippen LogP contribution in [0.5, 0.6) is 0 Å². The number of para-hydroxylation sites is 1. The average molecular weight is 360 g/mol. The van der Waals surface area contributed by atoms with Gasteiger partial charge in [-0.15, -0.1) is 10.2 Å². The second-order valence-electron chi connectivity index (χ2n) is 6.60. The molecule has 136 valence electrons. The first kappa shape index (κ1) is 17.0. The Balaban J connectivity index is 1.70. The molecule has 0 aliphatic heterocycles. The third kappa shape index (κ3) is 3.21. The van der Waals surface area contributed by atoms with Gasteiger partial charge in [-0.2, -0.15) is 0 Å². The fraction of sp³-hybridized carbons (Fsp3) is 0.190. The number of hydrogen-bond donors (Lipinski definition) is 1. The number of benzene rings is 2. The van der Waals surface area contributed by atoms with E-state index in [0.717, 1.165) is 33.4 Å². The van der Waals surface area contributed by atoms with Crippen molar-refractivity contribution in [2.75, 3.05) is 5.32 Å². The van der Waals surface area contributed by atoms with Crippen molar-refractivity contribution in [1.29, 1.82) is 0 Å². The molecule has 4 aromatic rings. The zero-order valence-electron chi connectivity index (χ0n) is 15.5. The minimum Gasteiger partial charge on any atom is -0.420 e. The SMILES string of the molecule is Cc1nnc(-c2cc3ccccc3n2CC(=O)Nc2cccc(C)c2C)o1. The van der Waals surface area contributed by atoms with Crippen LogP contribution in [0.3, 0.4) is 0 Å². The van der Waals surface area contributed by atoms with Gasteiger partial charge in [0.2, 0.25) is 11.8 Å². The first-order valence-electron chi connectivity index (χ1n) is 8.78.